The zero-order valence-electron chi connectivity index (χ0n) is 26.1. The molecule has 2 heteroatoms. The first-order valence-corrected chi connectivity index (χ1v) is 16.4. The summed E-state index contributed by atoms with van der Waals surface area (Å²) in [6.07, 6.45) is 15.4. The average Bonchev–Trinajstić information content (AvgIpc) is 3.48. The molecule has 0 spiro atoms. The fraction of sp³-hybridized carbons (Fsp3) is 0.632. The van der Waals surface area contributed by atoms with Gasteiger partial charge in [0.25, 0.3) is 0 Å². The van der Waals surface area contributed by atoms with E-state index in [4.69, 9.17) is 0 Å². The van der Waals surface area contributed by atoms with Crippen LogP contribution in [-0.4, -0.2) is 10.2 Å². The maximum absolute atomic E-state index is 12.2. The van der Waals surface area contributed by atoms with Crippen LogP contribution in [0, 0.1) is 25.2 Å². The molecule has 0 bridgehead atoms. The van der Waals surface area contributed by atoms with Gasteiger partial charge in [0.2, 0.25) is 0 Å². The number of hydrogen-bond donors (Lipinski definition) is 2. The lowest BCUT2D eigenvalue weighted by molar-refractivity contribution is 0.303. The number of phenols is 2. The molecule has 2 aromatic carbocycles. The standard InChI is InChI=1S/C38H52O2/c1-24-19-27(34(39)31(21-24)37(5)15-9-7-10-16-37)33(26-13-14-29-30(23-26)36(29,3)4)28-20-25(2)22-32(35(28)40)38(6)17-11-8-12-18-38/h19-22,26,33,39-40H,7-18,23H2,1-6H3. The summed E-state index contributed by atoms with van der Waals surface area (Å²) in [5.74, 6) is 1.37. The van der Waals surface area contributed by atoms with Crippen molar-refractivity contribution in [3.05, 3.63) is 68.8 Å². The first-order valence-electron chi connectivity index (χ1n) is 16.4. The van der Waals surface area contributed by atoms with Gasteiger partial charge in [0.1, 0.15) is 11.5 Å². The van der Waals surface area contributed by atoms with E-state index in [2.05, 4.69) is 65.8 Å². The highest BCUT2D eigenvalue weighted by Gasteiger charge is 2.49. The lowest BCUT2D eigenvalue weighted by Crippen LogP contribution is -2.27. The molecule has 4 aliphatic carbocycles. The molecule has 1 unspecified atom stereocenters. The summed E-state index contributed by atoms with van der Waals surface area (Å²) in [7, 11) is 0. The maximum atomic E-state index is 12.2. The van der Waals surface area contributed by atoms with E-state index in [-0.39, 0.29) is 22.2 Å². The topological polar surface area (TPSA) is 40.5 Å². The predicted molar refractivity (Wildman–Crippen MR) is 167 cm³/mol. The number of benzene rings is 2. The molecule has 2 fully saturated rings. The zero-order chi connectivity index (χ0) is 28.4. The second kappa shape index (κ2) is 9.95. The number of aryl methyl sites for hydroxylation is 2. The second-order valence-corrected chi connectivity index (χ2v) is 15.3. The fourth-order valence-electron chi connectivity index (χ4n) is 9.34. The van der Waals surface area contributed by atoms with E-state index < -0.39 is 0 Å². The van der Waals surface area contributed by atoms with E-state index in [9.17, 15) is 10.2 Å². The molecule has 0 amide bonds. The summed E-state index contributed by atoms with van der Waals surface area (Å²) in [4.78, 5) is 0. The summed E-state index contributed by atoms with van der Waals surface area (Å²) in [6.45, 7) is 13.9. The van der Waals surface area contributed by atoms with Crippen molar-refractivity contribution in [3.63, 3.8) is 0 Å². The molecule has 1 atom stereocenters. The van der Waals surface area contributed by atoms with Crippen molar-refractivity contribution in [2.75, 3.05) is 0 Å². The van der Waals surface area contributed by atoms with Gasteiger partial charge < -0.3 is 10.2 Å². The van der Waals surface area contributed by atoms with Crippen LogP contribution in [0.2, 0.25) is 0 Å². The van der Waals surface area contributed by atoms with Crippen LogP contribution in [0.25, 0.3) is 0 Å². The van der Waals surface area contributed by atoms with Gasteiger partial charge in [0.05, 0.1) is 0 Å². The van der Waals surface area contributed by atoms with Gasteiger partial charge in [-0.1, -0.05) is 113 Å². The van der Waals surface area contributed by atoms with Crippen molar-refractivity contribution in [3.8, 4) is 11.5 Å². The first kappa shape index (κ1) is 27.9. The van der Waals surface area contributed by atoms with Crippen LogP contribution in [0.15, 0.2) is 35.4 Å². The minimum atomic E-state index is -0.0119. The summed E-state index contributed by atoms with van der Waals surface area (Å²) < 4.78 is 0. The molecule has 2 aromatic rings. The Kier molecular flexibility index (Phi) is 6.95. The van der Waals surface area contributed by atoms with Gasteiger partial charge in [-0.15, -0.1) is 0 Å². The van der Waals surface area contributed by atoms with Gasteiger partial charge >= 0.3 is 0 Å². The molecule has 2 saturated carbocycles. The van der Waals surface area contributed by atoms with Gasteiger partial charge in [0.15, 0.2) is 0 Å². The molecule has 0 aliphatic heterocycles. The smallest absolute Gasteiger partial charge is 0.123 e. The molecular formula is C38H52O2. The molecule has 0 radical (unpaired) electrons. The van der Waals surface area contributed by atoms with Gasteiger partial charge in [-0.05, 0) is 75.5 Å². The Balaban J connectivity index is 1.52. The van der Waals surface area contributed by atoms with Gasteiger partial charge in [-0.25, -0.2) is 0 Å². The van der Waals surface area contributed by atoms with Crippen molar-refractivity contribution < 1.29 is 10.2 Å². The van der Waals surface area contributed by atoms with Crippen molar-refractivity contribution in [2.24, 2.45) is 11.3 Å². The number of rotatable bonds is 5. The summed E-state index contributed by atoms with van der Waals surface area (Å²) in [6, 6.07) is 9.03. The fourth-order valence-corrected chi connectivity index (χ4v) is 9.34. The van der Waals surface area contributed by atoms with Gasteiger partial charge in [0, 0.05) is 33.6 Å². The Morgan fingerprint density at radius 3 is 1.52 bits per heavy atom. The van der Waals surface area contributed by atoms with Crippen LogP contribution in [-0.2, 0) is 10.8 Å². The number of allylic oxidation sites excluding steroid dienone is 2. The molecule has 40 heavy (non-hydrogen) atoms. The maximum Gasteiger partial charge on any atom is 0.123 e. The Bertz CT molecular complexity index is 1250. The highest BCUT2D eigenvalue weighted by atomic mass is 16.3. The minimum Gasteiger partial charge on any atom is -0.507 e. The summed E-state index contributed by atoms with van der Waals surface area (Å²) in [5.41, 5.74) is 10.4. The van der Waals surface area contributed by atoms with E-state index in [1.54, 1.807) is 11.1 Å². The van der Waals surface area contributed by atoms with Crippen molar-refractivity contribution >= 4 is 0 Å². The number of phenolic OH excluding ortho intramolecular Hbond substituents is 2. The average molecular weight is 541 g/mol. The zero-order valence-corrected chi connectivity index (χ0v) is 26.1. The molecule has 2 nitrogen and oxygen atoms in total. The molecule has 216 valence electrons. The summed E-state index contributed by atoms with van der Waals surface area (Å²) >= 11 is 0. The Hall–Kier alpha value is -2.22. The van der Waals surface area contributed by atoms with E-state index >= 15 is 0 Å². The normalized spacial score (nSPS) is 25.1. The molecule has 4 aliphatic rings. The largest absolute Gasteiger partial charge is 0.507 e. The first-order chi connectivity index (χ1) is 18.9. The van der Waals surface area contributed by atoms with E-state index in [1.807, 2.05) is 0 Å². The minimum absolute atomic E-state index is 0.0119. The van der Waals surface area contributed by atoms with E-state index in [0.29, 0.717) is 17.4 Å². The van der Waals surface area contributed by atoms with E-state index in [0.717, 1.165) is 67.2 Å². The van der Waals surface area contributed by atoms with Crippen LogP contribution >= 0.6 is 0 Å². The lowest BCUT2D eigenvalue weighted by atomic mass is 9.66. The van der Waals surface area contributed by atoms with Crippen LogP contribution in [0.3, 0.4) is 0 Å². The van der Waals surface area contributed by atoms with Crippen molar-refractivity contribution in [2.45, 2.75) is 142 Å². The monoisotopic (exact) mass is 540 g/mol. The molecule has 2 N–H and O–H groups in total. The molecule has 0 heterocycles. The van der Waals surface area contributed by atoms with Crippen LogP contribution in [0.5, 0.6) is 11.5 Å². The highest BCUT2D eigenvalue weighted by molar-refractivity contribution is 5.58. The SMILES string of the molecule is Cc1cc(C(c2cc(C)cc(C3(C)CCCCC3)c2O)C2CCC3=C(C2)C3(C)C)c(O)c(C2(C)CCCCC2)c1. The number of aromatic hydroxyl groups is 2. The van der Waals surface area contributed by atoms with Crippen molar-refractivity contribution in [1.29, 1.82) is 0 Å². The van der Waals surface area contributed by atoms with E-state index in [1.165, 1.54) is 49.7 Å². The third-order valence-electron chi connectivity index (χ3n) is 12.0. The molecule has 0 saturated heterocycles. The van der Waals surface area contributed by atoms with Crippen LogP contribution in [0.4, 0.5) is 0 Å². The molecule has 6 rings (SSSR count). The third-order valence-corrected chi connectivity index (χ3v) is 12.0. The van der Waals surface area contributed by atoms with Crippen molar-refractivity contribution in [1.82, 2.24) is 0 Å². The second-order valence-electron chi connectivity index (χ2n) is 15.3. The molecular weight excluding hydrogens is 488 g/mol. The third kappa shape index (κ3) is 4.62. The van der Waals surface area contributed by atoms with Gasteiger partial charge in [-0.2, -0.15) is 0 Å². The predicted octanol–water partition coefficient (Wildman–Crippen LogP) is 10.4. The quantitative estimate of drug-likeness (QED) is 0.370. The number of hydrogen-bond acceptors (Lipinski definition) is 2. The lowest BCUT2D eigenvalue weighted by Gasteiger charge is -2.38. The van der Waals surface area contributed by atoms with Crippen LogP contribution in [0.1, 0.15) is 150 Å². The Morgan fingerprint density at radius 1 is 0.650 bits per heavy atom. The molecule has 0 aromatic heterocycles. The Morgan fingerprint density at radius 2 is 1.10 bits per heavy atom. The van der Waals surface area contributed by atoms with Gasteiger partial charge in [-0.3, -0.25) is 0 Å². The highest BCUT2D eigenvalue weighted by Crippen LogP contribution is 2.63. The summed E-state index contributed by atoms with van der Waals surface area (Å²) in [5, 5.41) is 24.4. The Labute approximate surface area is 243 Å². The van der Waals surface area contributed by atoms with Crippen LogP contribution < -0.4 is 0 Å².